The minimum absolute atomic E-state index is 0.000000000000000444. The van der Waals surface area contributed by atoms with Gasteiger partial charge in [-0.25, -0.2) is 0 Å². The van der Waals surface area contributed by atoms with Gasteiger partial charge < -0.3 is 0 Å². The van der Waals surface area contributed by atoms with Gasteiger partial charge in [0.1, 0.15) is 0 Å². The fraction of sp³-hybridized carbons (Fsp3) is 0.429. The highest BCUT2D eigenvalue weighted by Gasteiger charge is 1.98. The number of alkyl halides is 1. The number of hydrogen-bond acceptors (Lipinski definition) is 0. The summed E-state index contributed by atoms with van der Waals surface area (Å²) in [6.45, 7) is 5.45. The zero-order valence-corrected chi connectivity index (χ0v) is 6.91. The van der Waals surface area contributed by atoms with Crippen LogP contribution in [0.4, 0.5) is 0 Å². The fourth-order valence-corrected chi connectivity index (χ4v) is 1.07. The Kier molecular flexibility index (Phi) is 4.93. The van der Waals surface area contributed by atoms with E-state index in [1.807, 2.05) is 19.1 Å². The van der Waals surface area contributed by atoms with Gasteiger partial charge in [0.15, 0.2) is 0 Å². The molecule has 0 aromatic carbocycles. The second-order valence-corrected chi connectivity index (χ2v) is 2.86. The monoisotopic (exact) mass is 164 g/mol. The molecule has 0 heterocycles. The van der Waals surface area contributed by atoms with Crippen molar-refractivity contribution in [2.24, 2.45) is 0 Å². The first-order valence-corrected chi connectivity index (χ1v) is 3.58. The molecule has 0 bridgehead atoms. The van der Waals surface area contributed by atoms with Crippen LogP contribution in [-0.2, 0) is 0 Å². The first kappa shape index (κ1) is 9.06. The molecule has 2 heteroatoms. The minimum Gasteiger partial charge on any atom is -0.118 e. The standard InChI is InChI=1S/C7H10Cl2/c1-3-4-7(9)5-6(2)8/h3-4,7H,2,5H2,1H3. The molecule has 0 rings (SSSR count). The molecule has 0 aromatic heterocycles. The summed E-state index contributed by atoms with van der Waals surface area (Å²) in [7, 11) is 0. The Labute approximate surface area is 66.2 Å². The molecule has 0 aliphatic carbocycles. The zero-order chi connectivity index (χ0) is 7.28. The second-order valence-electron chi connectivity index (χ2n) is 1.76. The summed E-state index contributed by atoms with van der Waals surface area (Å²) in [4.78, 5) is 0. The largest absolute Gasteiger partial charge is 0.118 e. The molecule has 0 nitrogen and oxygen atoms in total. The molecule has 0 radical (unpaired) electrons. The van der Waals surface area contributed by atoms with E-state index < -0.39 is 0 Å². The van der Waals surface area contributed by atoms with Crippen LogP contribution in [0.1, 0.15) is 13.3 Å². The molecule has 0 aliphatic rings. The van der Waals surface area contributed by atoms with Crippen LogP contribution in [0.25, 0.3) is 0 Å². The summed E-state index contributed by atoms with van der Waals surface area (Å²) in [6.07, 6.45) is 4.43. The van der Waals surface area contributed by atoms with Crippen LogP contribution in [0.2, 0.25) is 0 Å². The van der Waals surface area contributed by atoms with Crippen LogP contribution >= 0.6 is 23.2 Å². The lowest BCUT2D eigenvalue weighted by Crippen LogP contribution is -1.90. The van der Waals surface area contributed by atoms with Crippen LogP contribution in [-0.4, -0.2) is 5.38 Å². The first-order chi connectivity index (χ1) is 4.16. The third-order valence-electron chi connectivity index (χ3n) is 0.818. The number of halogens is 2. The van der Waals surface area contributed by atoms with E-state index in [1.165, 1.54) is 0 Å². The average Bonchev–Trinajstić information content (AvgIpc) is 1.63. The van der Waals surface area contributed by atoms with E-state index in [2.05, 4.69) is 6.58 Å². The van der Waals surface area contributed by atoms with Gasteiger partial charge in [-0.2, -0.15) is 0 Å². The lowest BCUT2D eigenvalue weighted by Gasteiger charge is -1.98. The van der Waals surface area contributed by atoms with E-state index in [4.69, 9.17) is 23.2 Å². The SMILES string of the molecule is C=C(Cl)CC(Cl)C=CC. The van der Waals surface area contributed by atoms with Crippen molar-refractivity contribution in [2.45, 2.75) is 18.7 Å². The molecular formula is C7H10Cl2. The molecule has 52 valence electrons. The molecule has 1 atom stereocenters. The Morgan fingerprint density at radius 1 is 1.78 bits per heavy atom. The summed E-state index contributed by atoms with van der Waals surface area (Å²) in [5, 5.41) is 0.605. The van der Waals surface area contributed by atoms with E-state index in [1.54, 1.807) is 0 Å². The predicted molar refractivity (Wildman–Crippen MR) is 44.1 cm³/mol. The third kappa shape index (κ3) is 5.94. The summed E-state index contributed by atoms with van der Waals surface area (Å²) in [5.74, 6) is 0. The van der Waals surface area contributed by atoms with Crippen LogP contribution < -0.4 is 0 Å². The normalized spacial score (nSPS) is 14.1. The molecule has 0 N–H and O–H groups in total. The molecule has 0 saturated carbocycles. The van der Waals surface area contributed by atoms with Crippen molar-refractivity contribution >= 4 is 23.2 Å². The molecule has 9 heavy (non-hydrogen) atoms. The van der Waals surface area contributed by atoms with Gasteiger partial charge in [0, 0.05) is 11.5 Å². The molecule has 1 unspecified atom stereocenters. The van der Waals surface area contributed by atoms with Crippen molar-refractivity contribution in [3.8, 4) is 0 Å². The molecule has 0 aliphatic heterocycles. The van der Waals surface area contributed by atoms with Crippen molar-refractivity contribution < 1.29 is 0 Å². The average molecular weight is 165 g/mol. The quantitative estimate of drug-likeness (QED) is 0.444. The van der Waals surface area contributed by atoms with E-state index in [9.17, 15) is 0 Å². The molecule has 0 aromatic rings. The lowest BCUT2D eigenvalue weighted by molar-refractivity contribution is 1.04. The summed E-state index contributed by atoms with van der Waals surface area (Å²) >= 11 is 11.2. The molecule has 0 fully saturated rings. The Bertz CT molecular complexity index is 116. The van der Waals surface area contributed by atoms with Crippen LogP contribution in [0, 0.1) is 0 Å². The number of rotatable bonds is 3. The van der Waals surface area contributed by atoms with Crippen molar-refractivity contribution in [3.63, 3.8) is 0 Å². The Morgan fingerprint density at radius 2 is 2.33 bits per heavy atom. The lowest BCUT2D eigenvalue weighted by atomic mass is 10.3. The Morgan fingerprint density at radius 3 is 2.67 bits per heavy atom. The Hall–Kier alpha value is 0.0600. The van der Waals surface area contributed by atoms with E-state index in [0.29, 0.717) is 11.5 Å². The topological polar surface area (TPSA) is 0 Å². The number of hydrogen-bond donors (Lipinski definition) is 0. The third-order valence-corrected chi connectivity index (χ3v) is 1.27. The Balaban J connectivity index is 3.50. The van der Waals surface area contributed by atoms with Gasteiger partial charge in [-0.1, -0.05) is 30.3 Å². The van der Waals surface area contributed by atoms with Crippen molar-refractivity contribution in [2.75, 3.05) is 0 Å². The minimum atomic E-state index is -0.000000000000000444. The van der Waals surface area contributed by atoms with Gasteiger partial charge in [-0.05, 0) is 6.92 Å². The highest BCUT2D eigenvalue weighted by atomic mass is 35.5. The molecule has 0 saturated heterocycles. The van der Waals surface area contributed by atoms with Gasteiger partial charge in [-0.3, -0.25) is 0 Å². The number of allylic oxidation sites excluding steroid dienone is 3. The smallest absolute Gasteiger partial charge is 0.0564 e. The zero-order valence-electron chi connectivity index (χ0n) is 5.40. The summed E-state index contributed by atoms with van der Waals surface area (Å²) < 4.78 is 0. The first-order valence-electron chi connectivity index (χ1n) is 2.77. The highest BCUT2D eigenvalue weighted by Crippen LogP contribution is 2.13. The highest BCUT2D eigenvalue weighted by molar-refractivity contribution is 6.30. The van der Waals surface area contributed by atoms with E-state index in [-0.39, 0.29) is 5.38 Å². The van der Waals surface area contributed by atoms with Crippen molar-refractivity contribution in [1.29, 1.82) is 0 Å². The maximum absolute atomic E-state index is 5.74. The maximum Gasteiger partial charge on any atom is 0.0564 e. The fourth-order valence-electron chi connectivity index (χ4n) is 0.488. The predicted octanol–water partition coefficient (Wildman–Crippen LogP) is 3.31. The summed E-state index contributed by atoms with van der Waals surface area (Å²) in [6, 6.07) is 0. The van der Waals surface area contributed by atoms with Gasteiger partial charge in [-0.15, -0.1) is 11.6 Å². The van der Waals surface area contributed by atoms with E-state index >= 15 is 0 Å². The maximum atomic E-state index is 5.74. The van der Waals surface area contributed by atoms with Crippen LogP contribution in [0.15, 0.2) is 23.8 Å². The summed E-state index contributed by atoms with van der Waals surface area (Å²) in [5.41, 5.74) is 0. The van der Waals surface area contributed by atoms with Crippen molar-refractivity contribution in [3.05, 3.63) is 23.8 Å². The van der Waals surface area contributed by atoms with Gasteiger partial charge >= 0.3 is 0 Å². The van der Waals surface area contributed by atoms with Crippen LogP contribution in [0.5, 0.6) is 0 Å². The van der Waals surface area contributed by atoms with Gasteiger partial charge in [0.05, 0.1) is 5.38 Å². The molecular weight excluding hydrogens is 155 g/mol. The molecule has 0 amide bonds. The second kappa shape index (κ2) is 4.89. The van der Waals surface area contributed by atoms with E-state index in [0.717, 1.165) is 0 Å². The van der Waals surface area contributed by atoms with Crippen LogP contribution in [0.3, 0.4) is 0 Å². The van der Waals surface area contributed by atoms with Crippen molar-refractivity contribution in [1.82, 2.24) is 0 Å². The molecule has 0 spiro atoms. The van der Waals surface area contributed by atoms with Gasteiger partial charge in [0.25, 0.3) is 0 Å². The van der Waals surface area contributed by atoms with Gasteiger partial charge in [0.2, 0.25) is 0 Å².